The van der Waals surface area contributed by atoms with Gasteiger partial charge in [-0.25, -0.2) is 18.7 Å². The van der Waals surface area contributed by atoms with E-state index in [4.69, 9.17) is 0 Å². The van der Waals surface area contributed by atoms with Gasteiger partial charge in [0.05, 0.1) is 17.7 Å². The van der Waals surface area contributed by atoms with E-state index < -0.39 is 0 Å². The number of alkyl halides is 1. The normalized spacial score (nSPS) is 10.1. The molecule has 8 nitrogen and oxygen atoms in total. The summed E-state index contributed by atoms with van der Waals surface area (Å²) in [4.78, 5) is 27.7. The maximum absolute atomic E-state index is 12.4. The molecular weight excluding hydrogens is 500 g/mol. The van der Waals surface area contributed by atoms with E-state index in [0.29, 0.717) is 29.4 Å². The number of imidazole rings is 1. The summed E-state index contributed by atoms with van der Waals surface area (Å²) >= 11 is 0. The summed E-state index contributed by atoms with van der Waals surface area (Å²) in [5.74, 6) is 1.62. The zero-order chi connectivity index (χ0) is 29.5. The third-order valence-electron chi connectivity index (χ3n) is 5.02. The molecule has 0 saturated heterocycles. The maximum atomic E-state index is 12.4. The Morgan fingerprint density at radius 1 is 1.10 bits per heavy atom. The monoisotopic (exact) mass is 539 g/mol. The Balaban J connectivity index is 0.000000539. The van der Waals surface area contributed by atoms with Crippen molar-refractivity contribution < 1.29 is 8.78 Å². The fourth-order valence-electron chi connectivity index (χ4n) is 3.05. The molecule has 0 fully saturated rings. The first-order valence-electron chi connectivity index (χ1n) is 12.7. The summed E-state index contributed by atoms with van der Waals surface area (Å²) in [6, 6.07) is 10.8. The third kappa shape index (κ3) is 9.24. The van der Waals surface area contributed by atoms with Crippen LogP contribution in [0.1, 0.15) is 45.5 Å². The molecule has 0 N–H and O–H groups in total. The Labute approximate surface area is 229 Å². The lowest BCUT2D eigenvalue weighted by Crippen LogP contribution is -2.22. The van der Waals surface area contributed by atoms with Gasteiger partial charge in [-0.15, -0.1) is 5.10 Å². The molecule has 0 spiro atoms. The van der Waals surface area contributed by atoms with Crippen molar-refractivity contribution in [3.05, 3.63) is 88.9 Å². The van der Waals surface area contributed by atoms with E-state index in [1.807, 2.05) is 75.5 Å². The molecular formula is C29H39F2N7O. The molecule has 0 unspecified atom stereocenters. The van der Waals surface area contributed by atoms with E-state index in [2.05, 4.69) is 26.6 Å². The number of benzene rings is 1. The molecule has 3 heterocycles. The van der Waals surface area contributed by atoms with Crippen LogP contribution in [0.3, 0.4) is 0 Å². The molecule has 0 aliphatic heterocycles. The van der Waals surface area contributed by atoms with Crippen molar-refractivity contribution in [2.45, 2.75) is 48.0 Å². The number of aromatic nitrogens is 6. The summed E-state index contributed by atoms with van der Waals surface area (Å²) in [7, 11) is 3.76. The first-order chi connectivity index (χ1) is 18.6. The first kappa shape index (κ1) is 32.8. The van der Waals surface area contributed by atoms with Gasteiger partial charge in [-0.3, -0.25) is 9.36 Å². The van der Waals surface area contributed by atoms with Gasteiger partial charge in [0.25, 0.3) is 5.56 Å². The maximum Gasteiger partial charge on any atom is 0.271 e. The summed E-state index contributed by atoms with van der Waals surface area (Å²) < 4.78 is 25.4. The van der Waals surface area contributed by atoms with Gasteiger partial charge in [-0.1, -0.05) is 57.7 Å². The number of para-hydroxylation sites is 1. The van der Waals surface area contributed by atoms with Gasteiger partial charge in [0.1, 0.15) is 18.0 Å². The zero-order valence-corrected chi connectivity index (χ0v) is 24.1. The molecule has 4 aromatic rings. The Hall–Kier alpha value is -4.21. The Kier molecular flexibility index (Phi) is 14.0. The van der Waals surface area contributed by atoms with Gasteiger partial charge in [-0.2, -0.15) is 9.67 Å². The van der Waals surface area contributed by atoms with Crippen molar-refractivity contribution in [3.8, 4) is 11.5 Å². The molecule has 0 radical (unpaired) electrons. The van der Waals surface area contributed by atoms with Gasteiger partial charge in [0.2, 0.25) is 5.95 Å². The summed E-state index contributed by atoms with van der Waals surface area (Å²) in [6.45, 7) is 14.0. The molecule has 0 aliphatic rings. The van der Waals surface area contributed by atoms with Crippen molar-refractivity contribution in [1.82, 2.24) is 29.3 Å². The number of hydrogen-bond donors (Lipinski definition) is 0. The van der Waals surface area contributed by atoms with Gasteiger partial charge >= 0.3 is 0 Å². The van der Waals surface area contributed by atoms with Crippen LogP contribution in [0.4, 0.5) is 14.7 Å². The van der Waals surface area contributed by atoms with Crippen LogP contribution in [0.2, 0.25) is 0 Å². The number of halogens is 2. The number of anilines is 1. The number of aryl methyl sites for hydroxylation is 2. The van der Waals surface area contributed by atoms with E-state index in [1.165, 1.54) is 16.8 Å². The van der Waals surface area contributed by atoms with Gasteiger partial charge in [0, 0.05) is 20.2 Å². The molecule has 0 atom stereocenters. The zero-order valence-electron chi connectivity index (χ0n) is 24.1. The predicted molar refractivity (Wildman–Crippen MR) is 157 cm³/mol. The van der Waals surface area contributed by atoms with Crippen LogP contribution in [0.5, 0.6) is 0 Å². The standard InChI is InChI=1S/C19H19N7O.2C4H7F.C2H6/c1-12-7-5-6-8-15(12)26-17(27)10-9-16(23-26)25-13(2)21-14-11-20-19(24(3)4)22-18(14)25;1-3-4(2)5;1-2-3-4-5;1-2/h5-11H,1-4H3;2-3H2,1H3;2-3H,4H2,1H3;1-2H3/b;;3-2-;. The van der Waals surface area contributed by atoms with Crippen molar-refractivity contribution >= 4 is 17.1 Å². The van der Waals surface area contributed by atoms with Crippen molar-refractivity contribution in [2.24, 2.45) is 0 Å². The van der Waals surface area contributed by atoms with E-state index in [-0.39, 0.29) is 18.1 Å². The lowest BCUT2D eigenvalue weighted by atomic mass is 10.2. The highest BCUT2D eigenvalue weighted by atomic mass is 19.1. The molecule has 0 amide bonds. The smallest absolute Gasteiger partial charge is 0.271 e. The van der Waals surface area contributed by atoms with E-state index in [9.17, 15) is 13.6 Å². The minimum atomic E-state index is -0.337. The average molecular weight is 540 g/mol. The largest absolute Gasteiger partial charge is 0.347 e. The number of nitrogens with zero attached hydrogens (tertiary/aromatic N) is 7. The molecule has 4 rings (SSSR count). The van der Waals surface area contributed by atoms with Crippen LogP contribution < -0.4 is 10.5 Å². The number of rotatable bonds is 5. The fourth-order valence-corrected chi connectivity index (χ4v) is 3.05. The van der Waals surface area contributed by atoms with Crippen molar-refractivity contribution in [3.63, 3.8) is 0 Å². The van der Waals surface area contributed by atoms with Crippen LogP contribution in [-0.4, -0.2) is 50.1 Å². The van der Waals surface area contributed by atoms with Crippen LogP contribution in [-0.2, 0) is 0 Å². The Bertz CT molecular complexity index is 1420. The molecule has 0 aliphatic carbocycles. The van der Waals surface area contributed by atoms with Crippen LogP contribution >= 0.6 is 0 Å². The molecule has 210 valence electrons. The highest BCUT2D eigenvalue weighted by molar-refractivity contribution is 5.74. The molecule has 1 aromatic carbocycles. The van der Waals surface area contributed by atoms with E-state index in [0.717, 1.165) is 17.1 Å². The highest BCUT2D eigenvalue weighted by Crippen LogP contribution is 2.20. The van der Waals surface area contributed by atoms with Crippen LogP contribution in [0.15, 0.2) is 71.9 Å². The SMILES string of the molecule is C/C=C\CF.C=C(F)CC.CC.Cc1ccccc1-n1nc(-n2c(C)nc3cnc(N(C)C)nc32)ccc1=O. The summed E-state index contributed by atoms with van der Waals surface area (Å²) in [5.41, 5.74) is 2.84. The number of allylic oxidation sites excluding steroid dienone is 3. The molecule has 0 saturated carbocycles. The predicted octanol–water partition coefficient (Wildman–Crippen LogP) is 6.48. The highest BCUT2D eigenvalue weighted by Gasteiger charge is 2.15. The second kappa shape index (κ2) is 16.6. The quantitative estimate of drug-likeness (QED) is 0.270. The molecule has 3 aromatic heterocycles. The lowest BCUT2D eigenvalue weighted by Gasteiger charge is -2.12. The van der Waals surface area contributed by atoms with Crippen LogP contribution in [0.25, 0.3) is 22.7 Å². The van der Waals surface area contributed by atoms with Gasteiger partial charge in [-0.05, 0) is 44.9 Å². The number of fused-ring (bicyclic) bond motifs is 1. The first-order valence-corrected chi connectivity index (χ1v) is 12.7. The second-order valence-electron chi connectivity index (χ2n) is 8.09. The van der Waals surface area contributed by atoms with Gasteiger partial charge < -0.3 is 4.90 Å². The topological polar surface area (TPSA) is 81.7 Å². The number of hydrogen-bond acceptors (Lipinski definition) is 6. The van der Waals surface area contributed by atoms with E-state index in [1.54, 1.807) is 32.2 Å². The minimum Gasteiger partial charge on any atom is -0.347 e. The average Bonchev–Trinajstić information content (AvgIpc) is 3.26. The molecule has 0 bridgehead atoms. The second-order valence-corrected chi connectivity index (χ2v) is 8.09. The lowest BCUT2D eigenvalue weighted by molar-refractivity contribution is 0.561. The Morgan fingerprint density at radius 3 is 2.26 bits per heavy atom. The van der Waals surface area contributed by atoms with Crippen molar-refractivity contribution in [1.29, 1.82) is 0 Å². The van der Waals surface area contributed by atoms with Gasteiger partial charge in [0.15, 0.2) is 11.5 Å². The summed E-state index contributed by atoms with van der Waals surface area (Å²) in [6.07, 6.45) is 5.28. The fraction of sp³-hybridized carbons (Fsp3) is 0.345. The third-order valence-corrected chi connectivity index (χ3v) is 5.02. The molecule has 39 heavy (non-hydrogen) atoms. The molecule has 10 heteroatoms. The Morgan fingerprint density at radius 2 is 1.74 bits per heavy atom. The van der Waals surface area contributed by atoms with Crippen LogP contribution in [0, 0.1) is 13.8 Å². The summed E-state index contributed by atoms with van der Waals surface area (Å²) in [5, 5.41) is 4.58. The van der Waals surface area contributed by atoms with E-state index >= 15 is 0 Å². The minimum absolute atomic E-state index is 0.196. The van der Waals surface area contributed by atoms with Crippen molar-refractivity contribution in [2.75, 3.05) is 25.7 Å².